The summed E-state index contributed by atoms with van der Waals surface area (Å²) in [7, 11) is 0. The molecule has 0 aliphatic carbocycles. The Balaban J connectivity index is 1.57. The van der Waals surface area contributed by atoms with E-state index in [2.05, 4.69) is 20.1 Å². The zero-order chi connectivity index (χ0) is 31.6. The van der Waals surface area contributed by atoms with Gasteiger partial charge in [0.1, 0.15) is 6.04 Å². The minimum absolute atomic E-state index is 0.0326. The molecular formula is C36H45N3O4S. The Morgan fingerprint density at radius 2 is 1.50 bits per heavy atom. The van der Waals surface area contributed by atoms with Crippen molar-refractivity contribution in [2.45, 2.75) is 62.4 Å². The maximum absolute atomic E-state index is 14.8. The van der Waals surface area contributed by atoms with Crippen molar-refractivity contribution in [3.8, 4) is 0 Å². The van der Waals surface area contributed by atoms with E-state index in [0.29, 0.717) is 26.2 Å². The van der Waals surface area contributed by atoms with E-state index in [-0.39, 0.29) is 41.4 Å². The number of carbonyl (C=O) groups excluding carboxylic acids is 3. The van der Waals surface area contributed by atoms with Crippen LogP contribution < -0.4 is 0 Å². The number of fused-ring (bicyclic) bond motifs is 1. The fourth-order valence-electron chi connectivity index (χ4n) is 7.77. The standard InChI is InChI=1S/C36H45N3O4S/c1-6-18-37(21-26-14-10-8-11-15-26)33(41)30-29-20-25(5)36(44-29)31(30)34(42)39(28(23-40)24(3)4)32(36)35(43)38(19-7-2)22-27-16-12-9-13-17-27/h6-17,24-25,28-32,40H,1-2,18-23H2,3-5H3/t25?,28-,29+,30-,31-,32?,36?/m0/s1. The average Bonchev–Trinajstić information content (AvgIpc) is 3.61. The van der Waals surface area contributed by atoms with Crippen molar-refractivity contribution in [1.82, 2.24) is 14.7 Å². The lowest BCUT2D eigenvalue weighted by atomic mass is 9.65. The molecule has 0 radical (unpaired) electrons. The number of hydrogen-bond acceptors (Lipinski definition) is 5. The quantitative estimate of drug-likeness (QED) is 0.329. The second-order valence-corrected chi connectivity index (χ2v) is 14.3. The molecule has 3 aliphatic rings. The molecule has 1 N–H and O–H groups in total. The Kier molecular flexibility index (Phi) is 9.71. The highest BCUT2D eigenvalue weighted by molar-refractivity contribution is 8.02. The van der Waals surface area contributed by atoms with Crippen molar-refractivity contribution in [3.63, 3.8) is 0 Å². The smallest absolute Gasteiger partial charge is 0.247 e. The SMILES string of the molecule is C=CCN(Cc1ccccc1)C(=O)C1N([C@@H](CO)C(C)C)C(=O)[C@@H]2[C@@H](C(=O)N(CC=C)Cc3ccccc3)[C@H]3CC(C)C12S3. The molecule has 3 fully saturated rings. The first-order valence-electron chi connectivity index (χ1n) is 15.7. The number of rotatable bonds is 13. The van der Waals surface area contributed by atoms with E-state index in [1.165, 1.54) is 0 Å². The molecule has 7 nitrogen and oxygen atoms in total. The second kappa shape index (κ2) is 13.3. The van der Waals surface area contributed by atoms with Crippen LogP contribution in [0.5, 0.6) is 0 Å². The number of likely N-dealkylation sites (tertiary alicyclic amines) is 1. The summed E-state index contributed by atoms with van der Waals surface area (Å²) in [4.78, 5) is 49.3. The van der Waals surface area contributed by atoms with Crippen LogP contribution in [-0.2, 0) is 27.5 Å². The van der Waals surface area contributed by atoms with Gasteiger partial charge in [0.15, 0.2) is 0 Å². The number of nitrogens with zero attached hydrogens (tertiary/aromatic N) is 3. The summed E-state index contributed by atoms with van der Waals surface area (Å²) >= 11 is 1.67. The number of amides is 3. The molecule has 3 amide bonds. The molecule has 1 spiro atoms. The summed E-state index contributed by atoms with van der Waals surface area (Å²) in [5, 5.41) is 10.5. The number of hydrogen-bond donors (Lipinski definition) is 1. The van der Waals surface area contributed by atoms with Crippen LogP contribution in [-0.4, -0.2) is 79.3 Å². The summed E-state index contributed by atoms with van der Waals surface area (Å²) < 4.78 is -0.774. The molecule has 2 bridgehead atoms. The van der Waals surface area contributed by atoms with Crippen LogP contribution in [0.3, 0.4) is 0 Å². The van der Waals surface area contributed by atoms with Gasteiger partial charge >= 0.3 is 0 Å². The van der Waals surface area contributed by atoms with Crippen LogP contribution in [0.4, 0.5) is 0 Å². The van der Waals surface area contributed by atoms with Gasteiger partial charge in [-0.1, -0.05) is 93.6 Å². The average molecular weight is 616 g/mol. The monoisotopic (exact) mass is 615 g/mol. The van der Waals surface area contributed by atoms with E-state index in [0.717, 1.165) is 17.5 Å². The van der Waals surface area contributed by atoms with Gasteiger partial charge in [0.25, 0.3) is 0 Å². The van der Waals surface area contributed by atoms with Crippen molar-refractivity contribution in [2.75, 3.05) is 19.7 Å². The lowest BCUT2D eigenvalue weighted by Gasteiger charge is -2.43. The first-order valence-corrected chi connectivity index (χ1v) is 16.6. The van der Waals surface area contributed by atoms with Crippen LogP contribution in [0.2, 0.25) is 0 Å². The van der Waals surface area contributed by atoms with Crippen LogP contribution in [0.1, 0.15) is 38.3 Å². The minimum atomic E-state index is -0.798. The van der Waals surface area contributed by atoms with E-state index in [1.54, 1.807) is 38.6 Å². The Bertz CT molecular complexity index is 1370. The van der Waals surface area contributed by atoms with Gasteiger partial charge < -0.3 is 19.8 Å². The maximum atomic E-state index is 14.8. The van der Waals surface area contributed by atoms with Crippen LogP contribution >= 0.6 is 11.8 Å². The van der Waals surface area contributed by atoms with Gasteiger partial charge in [0.05, 0.1) is 29.2 Å². The molecule has 2 aromatic carbocycles. The first-order chi connectivity index (χ1) is 21.2. The highest BCUT2D eigenvalue weighted by Gasteiger charge is 2.77. The fourth-order valence-corrected chi connectivity index (χ4v) is 10.2. The van der Waals surface area contributed by atoms with Crippen molar-refractivity contribution >= 4 is 29.5 Å². The van der Waals surface area contributed by atoms with Gasteiger partial charge in [-0.05, 0) is 29.4 Å². The van der Waals surface area contributed by atoms with Crippen LogP contribution in [0.25, 0.3) is 0 Å². The van der Waals surface area contributed by atoms with Gasteiger partial charge in [0.2, 0.25) is 17.7 Å². The van der Waals surface area contributed by atoms with Crippen molar-refractivity contribution in [1.29, 1.82) is 0 Å². The topological polar surface area (TPSA) is 81.2 Å². The first kappa shape index (κ1) is 32.0. The van der Waals surface area contributed by atoms with E-state index in [9.17, 15) is 19.5 Å². The minimum Gasteiger partial charge on any atom is -0.394 e. The zero-order valence-corrected chi connectivity index (χ0v) is 26.9. The summed E-state index contributed by atoms with van der Waals surface area (Å²) in [6.45, 7) is 15.1. The summed E-state index contributed by atoms with van der Waals surface area (Å²) in [6.07, 6.45) is 4.20. The third-order valence-electron chi connectivity index (χ3n) is 9.77. The van der Waals surface area contributed by atoms with Crippen molar-refractivity contribution in [2.24, 2.45) is 23.7 Å². The van der Waals surface area contributed by atoms with Crippen molar-refractivity contribution in [3.05, 3.63) is 97.1 Å². The van der Waals surface area contributed by atoms with Crippen LogP contribution in [0, 0.1) is 23.7 Å². The highest BCUT2D eigenvalue weighted by atomic mass is 32.2. The normalized spacial score (nSPS) is 27.7. The molecule has 5 rings (SSSR count). The fraction of sp³-hybridized carbons (Fsp3) is 0.472. The molecule has 3 saturated heterocycles. The van der Waals surface area contributed by atoms with Crippen molar-refractivity contribution < 1.29 is 19.5 Å². The van der Waals surface area contributed by atoms with Gasteiger partial charge in [0, 0.05) is 31.4 Å². The maximum Gasteiger partial charge on any atom is 0.247 e. The molecular weight excluding hydrogens is 570 g/mol. The predicted octanol–water partition coefficient (Wildman–Crippen LogP) is 4.77. The van der Waals surface area contributed by atoms with E-state index in [4.69, 9.17) is 0 Å². The predicted molar refractivity (Wildman–Crippen MR) is 175 cm³/mol. The zero-order valence-electron chi connectivity index (χ0n) is 26.0. The molecule has 7 atom stereocenters. The third-order valence-corrected chi connectivity index (χ3v) is 11.8. The Morgan fingerprint density at radius 1 is 0.977 bits per heavy atom. The molecule has 3 heterocycles. The molecule has 3 unspecified atom stereocenters. The molecule has 3 aliphatic heterocycles. The van der Waals surface area contributed by atoms with E-state index in [1.807, 2.05) is 74.5 Å². The number of benzene rings is 2. The van der Waals surface area contributed by atoms with E-state index >= 15 is 0 Å². The molecule has 234 valence electrons. The largest absolute Gasteiger partial charge is 0.394 e. The number of thioether (sulfide) groups is 1. The second-order valence-electron chi connectivity index (χ2n) is 12.8. The summed E-state index contributed by atoms with van der Waals surface area (Å²) in [6, 6.07) is 18.3. The van der Waals surface area contributed by atoms with E-state index < -0.39 is 28.7 Å². The van der Waals surface area contributed by atoms with Crippen LogP contribution in [0.15, 0.2) is 86.0 Å². The summed E-state index contributed by atoms with van der Waals surface area (Å²) in [5.74, 6) is -1.66. The van der Waals surface area contributed by atoms with Gasteiger partial charge in [-0.2, -0.15) is 0 Å². The van der Waals surface area contributed by atoms with Gasteiger partial charge in [-0.15, -0.1) is 24.9 Å². The Hall–Kier alpha value is -3.36. The lowest BCUT2D eigenvalue weighted by Crippen LogP contribution is -2.60. The Morgan fingerprint density at radius 3 is 1.98 bits per heavy atom. The molecule has 8 heteroatoms. The molecule has 0 aromatic heterocycles. The van der Waals surface area contributed by atoms with Gasteiger partial charge in [-0.3, -0.25) is 14.4 Å². The summed E-state index contributed by atoms with van der Waals surface area (Å²) in [5.41, 5.74) is 2.00. The Labute approximate surface area is 266 Å². The number of aliphatic hydroxyl groups excluding tert-OH is 1. The molecule has 44 heavy (non-hydrogen) atoms. The lowest BCUT2D eigenvalue weighted by molar-refractivity contribution is -0.148. The third kappa shape index (κ3) is 5.51. The molecule has 0 saturated carbocycles. The number of carbonyl (C=O) groups is 3. The highest BCUT2D eigenvalue weighted by Crippen LogP contribution is 2.69. The van der Waals surface area contributed by atoms with Gasteiger partial charge in [-0.25, -0.2) is 0 Å². The molecule has 2 aromatic rings. The number of aliphatic hydroxyl groups is 1.